The summed E-state index contributed by atoms with van der Waals surface area (Å²) in [5, 5.41) is 8.79. The molecule has 32 heavy (non-hydrogen) atoms. The van der Waals surface area contributed by atoms with E-state index >= 15 is 0 Å². The lowest BCUT2D eigenvalue weighted by Gasteiger charge is -2.22. The van der Waals surface area contributed by atoms with Crippen molar-refractivity contribution < 1.29 is 23.1 Å². The molecule has 0 aliphatic carbocycles. The number of likely N-dealkylation sites (tertiary alicyclic amines) is 1. The molecule has 2 atom stereocenters. The molecular formula is C24H30N2O5S. The van der Waals surface area contributed by atoms with E-state index < -0.39 is 16.0 Å². The lowest BCUT2D eigenvalue weighted by molar-refractivity contribution is -0.137. The zero-order chi connectivity index (χ0) is 23.0. The second-order valence-electron chi connectivity index (χ2n) is 7.93. The average molecular weight is 459 g/mol. The molecule has 0 saturated carbocycles. The number of allylic oxidation sites excluding steroid dienone is 1. The Labute approximate surface area is 189 Å². The summed E-state index contributed by atoms with van der Waals surface area (Å²) in [6.45, 7) is 1.31. The van der Waals surface area contributed by atoms with Crippen molar-refractivity contribution in [3.8, 4) is 5.75 Å². The molecule has 0 aromatic heterocycles. The minimum Gasteiger partial charge on any atom is -0.497 e. The summed E-state index contributed by atoms with van der Waals surface area (Å²) in [6, 6.07) is 16.3. The van der Waals surface area contributed by atoms with E-state index in [1.807, 2.05) is 24.3 Å². The van der Waals surface area contributed by atoms with Crippen LogP contribution < -0.4 is 9.46 Å². The summed E-state index contributed by atoms with van der Waals surface area (Å²) >= 11 is 0. The molecule has 8 heteroatoms. The number of nitrogens with zero attached hydrogens (tertiary/aromatic N) is 1. The van der Waals surface area contributed by atoms with Crippen molar-refractivity contribution in [1.29, 1.82) is 0 Å². The van der Waals surface area contributed by atoms with E-state index in [4.69, 9.17) is 9.84 Å². The average Bonchev–Trinajstić information content (AvgIpc) is 3.14. The molecule has 2 N–H and O–H groups in total. The Kier molecular flexibility index (Phi) is 8.44. The van der Waals surface area contributed by atoms with E-state index in [0.29, 0.717) is 38.1 Å². The SMILES string of the molecule is COc1ccc(S(=O)(=O)N[C@@H]2C[C@@H](/C=C\CCCC(=O)O)N(Cc3ccccc3)C2)cc1. The number of hydrogen-bond acceptors (Lipinski definition) is 5. The minimum absolute atomic E-state index is 0.0728. The smallest absolute Gasteiger partial charge is 0.303 e. The minimum atomic E-state index is -3.65. The molecule has 7 nitrogen and oxygen atoms in total. The van der Waals surface area contributed by atoms with Gasteiger partial charge in [-0.2, -0.15) is 0 Å². The Morgan fingerprint density at radius 1 is 1.19 bits per heavy atom. The van der Waals surface area contributed by atoms with E-state index in [0.717, 1.165) is 5.56 Å². The van der Waals surface area contributed by atoms with Crippen LogP contribution in [-0.2, 0) is 21.4 Å². The van der Waals surface area contributed by atoms with Crippen LogP contribution in [0.3, 0.4) is 0 Å². The van der Waals surface area contributed by atoms with Gasteiger partial charge in [-0.3, -0.25) is 9.69 Å². The molecule has 1 fully saturated rings. The number of carbonyl (C=O) groups is 1. The summed E-state index contributed by atoms with van der Waals surface area (Å²) in [4.78, 5) is 13.2. The molecule has 3 rings (SSSR count). The Morgan fingerprint density at radius 3 is 2.56 bits per heavy atom. The number of methoxy groups -OCH3 is 1. The van der Waals surface area contributed by atoms with Crippen molar-refractivity contribution in [3.05, 3.63) is 72.3 Å². The first-order valence-corrected chi connectivity index (χ1v) is 12.2. The number of unbranched alkanes of at least 4 members (excludes halogenated alkanes) is 1. The van der Waals surface area contributed by atoms with Crippen molar-refractivity contribution in [2.24, 2.45) is 0 Å². The second-order valence-corrected chi connectivity index (χ2v) is 9.64. The summed E-state index contributed by atoms with van der Waals surface area (Å²) < 4.78 is 33.7. The zero-order valence-corrected chi connectivity index (χ0v) is 19.0. The van der Waals surface area contributed by atoms with Gasteiger partial charge in [-0.15, -0.1) is 0 Å². The fourth-order valence-corrected chi connectivity index (χ4v) is 5.13. The fourth-order valence-electron chi connectivity index (χ4n) is 3.89. The summed E-state index contributed by atoms with van der Waals surface area (Å²) in [6.07, 6.45) is 6.15. The standard InChI is InChI=1S/C24H30N2O5S/c1-31-22-12-14-23(15-13-22)32(29,30)25-20-16-21(10-6-3-7-11-24(27)28)26(18-20)17-19-8-4-2-5-9-19/h2,4-6,8-10,12-15,20-21,25H,3,7,11,16-18H2,1H3,(H,27,28)/b10-6-/t20-,21-/m1/s1. The summed E-state index contributed by atoms with van der Waals surface area (Å²) in [5.74, 6) is -0.190. The van der Waals surface area contributed by atoms with Crippen molar-refractivity contribution >= 4 is 16.0 Å². The van der Waals surface area contributed by atoms with Gasteiger partial charge in [0.25, 0.3) is 0 Å². The van der Waals surface area contributed by atoms with Gasteiger partial charge in [0.1, 0.15) is 5.75 Å². The van der Waals surface area contributed by atoms with Crippen LogP contribution in [-0.4, -0.2) is 50.1 Å². The quantitative estimate of drug-likeness (QED) is 0.396. The maximum atomic E-state index is 12.9. The predicted molar refractivity (Wildman–Crippen MR) is 123 cm³/mol. The molecule has 2 aromatic rings. The van der Waals surface area contributed by atoms with Crippen LogP contribution in [0.4, 0.5) is 0 Å². The van der Waals surface area contributed by atoms with Crippen molar-refractivity contribution in [2.75, 3.05) is 13.7 Å². The van der Waals surface area contributed by atoms with Gasteiger partial charge < -0.3 is 9.84 Å². The fraction of sp³-hybridized carbons (Fsp3) is 0.375. The summed E-state index contributed by atoms with van der Waals surface area (Å²) in [5.41, 5.74) is 1.16. The first-order chi connectivity index (χ1) is 15.4. The number of nitrogens with one attached hydrogen (secondary N) is 1. The molecule has 1 saturated heterocycles. The number of sulfonamides is 1. The Bertz CT molecular complexity index is 1010. The maximum absolute atomic E-state index is 12.9. The molecule has 172 valence electrons. The van der Waals surface area contributed by atoms with Gasteiger partial charge in [0.05, 0.1) is 12.0 Å². The number of aliphatic carboxylic acids is 1. The molecule has 0 bridgehead atoms. The second kappa shape index (κ2) is 11.3. The molecular weight excluding hydrogens is 428 g/mol. The first kappa shape index (κ1) is 24.0. The lowest BCUT2D eigenvalue weighted by atomic mass is 10.1. The monoisotopic (exact) mass is 458 g/mol. The largest absolute Gasteiger partial charge is 0.497 e. The Balaban J connectivity index is 1.68. The van der Waals surface area contributed by atoms with Crippen LogP contribution in [0, 0.1) is 0 Å². The number of ether oxygens (including phenoxy) is 1. The zero-order valence-electron chi connectivity index (χ0n) is 18.2. The molecule has 0 radical (unpaired) electrons. The molecule has 0 amide bonds. The number of hydrogen-bond donors (Lipinski definition) is 2. The van der Waals surface area contributed by atoms with Crippen molar-refractivity contribution in [2.45, 2.75) is 49.2 Å². The van der Waals surface area contributed by atoms with Crippen molar-refractivity contribution in [3.63, 3.8) is 0 Å². The van der Waals surface area contributed by atoms with Gasteiger partial charge in [0, 0.05) is 31.6 Å². The Hall–Kier alpha value is -2.68. The van der Waals surface area contributed by atoms with E-state index in [1.54, 1.807) is 12.1 Å². The molecule has 1 aliphatic rings. The lowest BCUT2D eigenvalue weighted by Crippen LogP contribution is -2.37. The van der Waals surface area contributed by atoms with Crippen LogP contribution in [0.2, 0.25) is 0 Å². The highest BCUT2D eigenvalue weighted by Gasteiger charge is 2.33. The van der Waals surface area contributed by atoms with Gasteiger partial charge in [0.2, 0.25) is 10.0 Å². The highest BCUT2D eigenvalue weighted by molar-refractivity contribution is 7.89. The van der Waals surface area contributed by atoms with Crippen LogP contribution >= 0.6 is 0 Å². The molecule has 0 unspecified atom stereocenters. The van der Waals surface area contributed by atoms with Crippen LogP contribution in [0.25, 0.3) is 0 Å². The third-order valence-corrected chi connectivity index (χ3v) is 7.03. The number of benzene rings is 2. The van der Waals surface area contributed by atoms with Crippen LogP contribution in [0.1, 0.15) is 31.2 Å². The highest BCUT2D eigenvalue weighted by Crippen LogP contribution is 2.24. The van der Waals surface area contributed by atoms with Crippen molar-refractivity contribution in [1.82, 2.24) is 9.62 Å². The Morgan fingerprint density at radius 2 is 1.91 bits per heavy atom. The third kappa shape index (κ3) is 6.91. The topological polar surface area (TPSA) is 95.9 Å². The third-order valence-electron chi connectivity index (χ3n) is 5.49. The number of carboxylic acid groups (broad SMARTS) is 1. The number of carboxylic acids is 1. The maximum Gasteiger partial charge on any atom is 0.303 e. The van der Waals surface area contributed by atoms with Gasteiger partial charge in [0.15, 0.2) is 0 Å². The molecule has 0 spiro atoms. The van der Waals surface area contributed by atoms with Gasteiger partial charge in [-0.1, -0.05) is 42.5 Å². The highest BCUT2D eigenvalue weighted by atomic mass is 32.2. The predicted octanol–water partition coefficient (Wildman–Crippen LogP) is 3.43. The van der Waals surface area contributed by atoms with E-state index in [2.05, 4.69) is 27.8 Å². The molecule has 2 aromatic carbocycles. The summed E-state index contributed by atoms with van der Waals surface area (Å²) in [7, 11) is -2.11. The van der Waals surface area contributed by atoms with E-state index in [9.17, 15) is 13.2 Å². The van der Waals surface area contributed by atoms with Gasteiger partial charge in [-0.05, 0) is 49.1 Å². The van der Waals surface area contributed by atoms with Crippen LogP contribution in [0.15, 0.2) is 71.6 Å². The number of rotatable bonds is 11. The first-order valence-electron chi connectivity index (χ1n) is 10.7. The van der Waals surface area contributed by atoms with E-state index in [-0.39, 0.29) is 23.4 Å². The van der Waals surface area contributed by atoms with E-state index in [1.165, 1.54) is 19.2 Å². The van der Waals surface area contributed by atoms with Gasteiger partial charge >= 0.3 is 5.97 Å². The van der Waals surface area contributed by atoms with Crippen LogP contribution in [0.5, 0.6) is 5.75 Å². The normalized spacial score (nSPS) is 19.4. The molecule has 1 heterocycles. The molecule has 1 aliphatic heterocycles. The van der Waals surface area contributed by atoms with Gasteiger partial charge in [-0.25, -0.2) is 13.1 Å².